The fraction of sp³-hybridized carbons (Fsp3) is 0.150. The average Bonchev–Trinajstić information content (AvgIpc) is 3.22. The van der Waals surface area contributed by atoms with Gasteiger partial charge in [-0.25, -0.2) is 22.9 Å². The molecule has 0 bridgehead atoms. The Morgan fingerprint density at radius 1 is 1.10 bits per heavy atom. The fourth-order valence-electron chi connectivity index (χ4n) is 2.47. The number of nitrogens with one attached hydrogen (secondary N) is 2. The van der Waals surface area contributed by atoms with Gasteiger partial charge in [0.15, 0.2) is 11.2 Å². The van der Waals surface area contributed by atoms with Crippen molar-refractivity contribution in [3.8, 4) is 11.3 Å². The SMILES string of the molecule is CNS(=O)(=O)c1cccc(C(=O)O[C@@H](C)C(=O)Nc2nc(-c3ccccc3)cs2)c1. The molecule has 0 radical (unpaired) electrons. The highest BCUT2D eigenvalue weighted by molar-refractivity contribution is 7.89. The summed E-state index contributed by atoms with van der Waals surface area (Å²) in [7, 11) is -2.43. The van der Waals surface area contributed by atoms with Gasteiger partial charge in [-0.1, -0.05) is 36.4 Å². The molecule has 3 rings (SSSR count). The minimum atomic E-state index is -3.70. The van der Waals surface area contributed by atoms with Crippen LogP contribution in [0, 0.1) is 0 Å². The number of benzene rings is 2. The van der Waals surface area contributed by atoms with Crippen LogP contribution in [0.25, 0.3) is 11.3 Å². The molecule has 1 aromatic heterocycles. The van der Waals surface area contributed by atoms with Gasteiger partial charge in [0, 0.05) is 10.9 Å². The van der Waals surface area contributed by atoms with Gasteiger partial charge in [0.25, 0.3) is 5.91 Å². The Balaban J connectivity index is 1.64. The van der Waals surface area contributed by atoms with E-state index in [0.29, 0.717) is 5.13 Å². The Morgan fingerprint density at radius 2 is 1.83 bits per heavy atom. The van der Waals surface area contributed by atoms with E-state index in [9.17, 15) is 18.0 Å². The highest BCUT2D eigenvalue weighted by Gasteiger charge is 2.21. The predicted molar refractivity (Wildman–Crippen MR) is 114 cm³/mol. The number of rotatable bonds is 7. The van der Waals surface area contributed by atoms with E-state index in [0.717, 1.165) is 11.3 Å². The maximum absolute atomic E-state index is 12.4. The van der Waals surface area contributed by atoms with Crippen molar-refractivity contribution in [3.63, 3.8) is 0 Å². The normalized spacial score (nSPS) is 12.2. The third kappa shape index (κ3) is 5.09. The van der Waals surface area contributed by atoms with Gasteiger partial charge in [0.1, 0.15) is 0 Å². The molecule has 1 amide bonds. The van der Waals surface area contributed by atoms with Gasteiger partial charge in [-0.05, 0) is 32.2 Å². The van der Waals surface area contributed by atoms with Crippen molar-refractivity contribution in [3.05, 3.63) is 65.5 Å². The number of aromatic nitrogens is 1. The minimum Gasteiger partial charge on any atom is -0.449 e. The maximum Gasteiger partial charge on any atom is 0.338 e. The molecular formula is C20H19N3O5S2. The second kappa shape index (κ2) is 9.16. The second-order valence-corrected chi connectivity index (χ2v) is 8.92. The number of hydrogen-bond acceptors (Lipinski definition) is 7. The quantitative estimate of drug-likeness (QED) is 0.541. The molecule has 2 aromatic carbocycles. The summed E-state index contributed by atoms with van der Waals surface area (Å²) in [5.41, 5.74) is 1.67. The van der Waals surface area contributed by atoms with E-state index >= 15 is 0 Å². The van der Waals surface area contributed by atoms with Crippen LogP contribution in [0.5, 0.6) is 0 Å². The van der Waals surface area contributed by atoms with Crippen LogP contribution in [-0.2, 0) is 19.6 Å². The predicted octanol–water partition coefficient (Wildman–Crippen LogP) is 2.90. The number of hydrogen-bond donors (Lipinski definition) is 2. The second-order valence-electron chi connectivity index (χ2n) is 6.18. The van der Waals surface area contributed by atoms with Gasteiger partial charge < -0.3 is 4.74 Å². The van der Waals surface area contributed by atoms with Gasteiger partial charge in [-0.15, -0.1) is 11.3 Å². The van der Waals surface area contributed by atoms with Crippen molar-refractivity contribution in [1.29, 1.82) is 0 Å². The molecule has 0 fully saturated rings. The first kappa shape index (κ1) is 21.6. The van der Waals surface area contributed by atoms with Gasteiger partial charge in [-0.3, -0.25) is 10.1 Å². The van der Waals surface area contributed by atoms with Crippen molar-refractivity contribution < 1.29 is 22.7 Å². The van der Waals surface area contributed by atoms with E-state index in [4.69, 9.17) is 4.74 Å². The molecule has 2 N–H and O–H groups in total. The van der Waals surface area contributed by atoms with Gasteiger partial charge >= 0.3 is 5.97 Å². The van der Waals surface area contributed by atoms with Crippen LogP contribution in [-0.4, -0.2) is 38.4 Å². The van der Waals surface area contributed by atoms with Crippen LogP contribution < -0.4 is 10.0 Å². The number of carbonyl (C=O) groups is 2. The van der Waals surface area contributed by atoms with Crippen molar-refractivity contribution in [2.75, 3.05) is 12.4 Å². The molecule has 10 heteroatoms. The van der Waals surface area contributed by atoms with E-state index in [2.05, 4.69) is 15.0 Å². The number of nitrogens with zero attached hydrogens (tertiary/aromatic N) is 1. The number of amides is 1. The molecule has 0 saturated heterocycles. The number of sulfonamides is 1. The minimum absolute atomic E-state index is 0.0200. The van der Waals surface area contributed by atoms with Crippen molar-refractivity contribution in [2.24, 2.45) is 0 Å². The van der Waals surface area contributed by atoms with Crippen LogP contribution in [0.1, 0.15) is 17.3 Å². The van der Waals surface area contributed by atoms with Crippen LogP contribution >= 0.6 is 11.3 Å². The van der Waals surface area contributed by atoms with Crippen LogP contribution in [0.4, 0.5) is 5.13 Å². The van der Waals surface area contributed by atoms with E-state index in [1.165, 1.54) is 49.6 Å². The zero-order valence-electron chi connectivity index (χ0n) is 16.2. The molecule has 0 aliphatic heterocycles. The lowest BCUT2D eigenvalue weighted by molar-refractivity contribution is -0.123. The molecule has 1 heterocycles. The molecule has 8 nitrogen and oxygen atoms in total. The smallest absolute Gasteiger partial charge is 0.338 e. The Morgan fingerprint density at radius 3 is 2.53 bits per heavy atom. The summed E-state index contributed by atoms with van der Waals surface area (Å²) in [6, 6.07) is 14.9. The molecule has 0 unspecified atom stereocenters. The standard InChI is InChI=1S/C20H19N3O5S2/c1-13(28-19(25)15-9-6-10-16(11-15)30(26,27)21-2)18(24)23-20-22-17(12-29-20)14-7-4-3-5-8-14/h3-13,21H,1-2H3,(H,22,23,24)/t13-/m0/s1. The molecular weight excluding hydrogens is 426 g/mol. The lowest BCUT2D eigenvalue weighted by Gasteiger charge is -2.13. The van der Waals surface area contributed by atoms with Crippen LogP contribution in [0.15, 0.2) is 64.9 Å². The topological polar surface area (TPSA) is 114 Å². The molecule has 0 aliphatic rings. The molecule has 0 spiro atoms. The lowest BCUT2D eigenvalue weighted by Crippen LogP contribution is -2.30. The highest BCUT2D eigenvalue weighted by atomic mass is 32.2. The third-order valence-electron chi connectivity index (χ3n) is 4.11. The van der Waals surface area contributed by atoms with E-state index < -0.39 is 28.0 Å². The van der Waals surface area contributed by atoms with Crippen LogP contribution in [0.2, 0.25) is 0 Å². The maximum atomic E-state index is 12.4. The van der Waals surface area contributed by atoms with Gasteiger partial charge in [-0.2, -0.15) is 0 Å². The number of anilines is 1. The number of thiazole rings is 1. The Kier molecular flexibility index (Phi) is 6.60. The summed E-state index contributed by atoms with van der Waals surface area (Å²) in [6.07, 6.45) is -1.11. The van der Waals surface area contributed by atoms with Gasteiger partial charge in [0.2, 0.25) is 10.0 Å². The molecule has 156 valence electrons. The molecule has 30 heavy (non-hydrogen) atoms. The Hall–Kier alpha value is -3.08. The van der Waals surface area contributed by atoms with E-state index in [1.807, 2.05) is 35.7 Å². The zero-order valence-corrected chi connectivity index (χ0v) is 17.8. The summed E-state index contributed by atoms with van der Waals surface area (Å²) < 4.78 is 31.1. The number of carbonyl (C=O) groups excluding carboxylic acids is 2. The average molecular weight is 446 g/mol. The first-order valence-electron chi connectivity index (χ1n) is 8.86. The summed E-state index contributed by atoms with van der Waals surface area (Å²) in [6.45, 7) is 1.42. The van der Waals surface area contributed by atoms with E-state index in [-0.39, 0.29) is 10.5 Å². The summed E-state index contributed by atoms with van der Waals surface area (Å²) in [4.78, 5) is 29.0. The molecule has 3 aromatic rings. The lowest BCUT2D eigenvalue weighted by atomic mass is 10.2. The third-order valence-corrected chi connectivity index (χ3v) is 6.28. The molecule has 0 saturated carbocycles. The largest absolute Gasteiger partial charge is 0.449 e. The summed E-state index contributed by atoms with van der Waals surface area (Å²) in [5, 5.41) is 4.81. The first-order chi connectivity index (χ1) is 14.3. The van der Waals surface area contributed by atoms with Crippen molar-refractivity contribution in [2.45, 2.75) is 17.9 Å². The Bertz CT molecular complexity index is 1160. The highest BCUT2D eigenvalue weighted by Crippen LogP contribution is 2.24. The zero-order chi connectivity index (χ0) is 21.7. The Labute approximate surface area is 178 Å². The summed E-state index contributed by atoms with van der Waals surface area (Å²) in [5.74, 6) is -1.36. The van der Waals surface area contributed by atoms with Gasteiger partial charge in [0.05, 0.1) is 16.2 Å². The fourth-order valence-corrected chi connectivity index (χ4v) is 3.97. The number of esters is 1. The monoisotopic (exact) mass is 445 g/mol. The first-order valence-corrected chi connectivity index (χ1v) is 11.2. The molecule has 1 atom stereocenters. The van der Waals surface area contributed by atoms with Crippen molar-refractivity contribution in [1.82, 2.24) is 9.71 Å². The summed E-state index contributed by atoms with van der Waals surface area (Å²) >= 11 is 1.26. The number of ether oxygens (including phenoxy) is 1. The van der Waals surface area contributed by atoms with Crippen LogP contribution in [0.3, 0.4) is 0 Å². The van der Waals surface area contributed by atoms with Crippen molar-refractivity contribution >= 4 is 38.4 Å². The van der Waals surface area contributed by atoms with E-state index in [1.54, 1.807) is 0 Å². The molecule has 0 aliphatic carbocycles.